The predicted molar refractivity (Wildman–Crippen MR) is 98.0 cm³/mol. The Labute approximate surface area is 138 Å². The van der Waals surface area contributed by atoms with Crippen molar-refractivity contribution in [3.63, 3.8) is 0 Å². The molecule has 0 radical (unpaired) electrons. The molecule has 120 valence electrons. The fourth-order valence-electron chi connectivity index (χ4n) is 2.20. The Morgan fingerprint density at radius 2 is 2.00 bits per heavy atom. The van der Waals surface area contributed by atoms with Gasteiger partial charge in [0.05, 0.1) is 0 Å². The normalized spacial score (nSPS) is 15.5. The molecule has 0 aromatic heterocycles. The van der Waals surface area contributed by atoms with E-state index in [2.05, 4.69) is 32.6 Å². The molecule has 0 saturated carbocycles. The molecule has 1 aromatic rings. The molecule has 0 amide bonds. The van der Waals surface area contributed by atoms with Gasteiger partial charge in [0.2, 0.25) is 0 Å². The zero-order chi connectivity index (χ0) is 16.9. The Morgan fingerprint density at radius 1 is 1.36 bits per heavy atom. The molecule has 0 bridgehead atoms. The highest BCUT2D eigenvalue weighted by Gasteiger charge is 2.25. The summed E-state index contributed by atoms with van der Waals surface area (Å²) in [7, 11) is 0. The molecule has 0 spiro atoms. The highest BCUT2D eigenvalue weighted by Crippen LogP contribution is 2.38. The number of rotatable bonds is 6. The Morgan fingerprint density at radius 3 is 2.55 bits per heavy atom. The molecule has 2 N–H and O–H groups in total. The third kappa shape index (κ3) is 4.79. The number of hydrogen-bond donors (Lipinski definition) is 2. The van der Waals surface area contributed by atoms with E-state index in [1.54, 1.807) is 13.0 Å². The van der Waals surface area contributed by atoms with E-state index >= 15 is 0 Å². The molecule has 0 aliphatic rings. The molecule has 0 aliphatic carbocycles. The number of hydrogen-bond acceptors (Lipinski definition) is 3. The summed E-state index contributed by atoms with van der Waals surface area (Å²) in [6, 6.07) is 5.29. The van der Waals surface area contributed by atoms with Crippen LogP contribution in [0.5, 0.6) is 5.75 Å². The lowest BCUT2D eigenvalue weighted by Crippen LogP contribution is -2.15. The molecule has 1 rings (SSSR count). The molecular weight excluding hydrogens is 292 g/mol. The van der Waals surface area contributed by atoms with Crippen LogP contribution in [0.4, 0.5) is 0 Å². The van der Waals surface area contributed by atoms with Gasteiger partial charge >= 0.3 is 0 Å². The first kappa shape index (κ1) is 18.6. The van der Waals surface area contributed by atoms with Gasteiger partial charge < -0.3 is 10.2 Å². The van der Waals surface area contributed by atoms with E-state index in [1.165, 1.54) is 22.9 Å². The van der Waals surface area contributed by atoms with Crippen LogP contribution < -0.4 is 0 Å². The van der Waals surface area contributed by atoms with Crippen LogP contribution in [-0.4, -0.2) is 16.5 Å². The molecule has 1 aromatic carbocycles. The van der Waals surface area contributed by atoms with Gasteiger partial charge in [-0.25, -0.2) is 0 Å². The number of phenolic OH excluding ortho intramolecular Hbond substituents is 1. The molecule has 2 nitrogen and oxygen atoms in total. The van der Waals surface area contributed by atoms with Gasteiger partial charge in [0, 0.05) is 5.56 Å². The Hall–Kier alpha value is -1.45. The maximum Gasteiger partial charge on any atom is 0.136 e. The van der Waals surface area contributed by atoms with Crippen molar-refractivity contribution in [1.82, 2.24) is 0 Å². The molecule has 0 heterocycles. The van der Waals surface area contributed by atoms with Crippen LogP contribution in [0.25, 0.3) is 5.57 Å². The average Bonchev–Trinajstić information content (AvgIpc) is 2.46. The molecular formula is C19H26O2S. The van der Waals surface area contributed by atoms with Crippen LogP contribution in [-0.2, 0) is 4.93 Å². The molecule has 1 atom stereocenters. The van der Waals surface area contributed by atoms with E-state index in [1.807, 2.05) is 25.3 Å². The minimum Gasteiger partial charge on any atom is -0.508 e. The van der Waals surface area contributed by atoms with Gasteiger partial charge in [0.25, 0.3) is 0 Å². The summed E-state index contributed by atoms with van der Waals surface area (Å²) in [6.07, 6.45) is 6.79. The van der Waals surface area contributed by atoms with Gasteiger partial charge in [0.1, 0.15) is 10.7 Å². The van der Waals surface area contributed by atoms with Crippen LogP contribution in [0, 0.1) is 0 Å². The lowest BCUT2D eigenvalue weighted by molar-refractivity contribution is 0.156. The number of allylic oxidation sites excluding steroid dienone is 5. The fourth-order valence-corrected chi connectivity index (χ4v) is 2.58. The first-order valence-electron chi connectivity index (χ1n) is 7.30. The molecule has 0 fully saturated rings. The molecule has 1 unspecified atom stereocenters. The van der Waals surface area contributed by atoms with E-state index in [4.69, 9.17) is 0 Å². The first-order chi connectivity index (χ1) is 10.2. The molecule has 22 heavy (non-hydrogen) atoms. The summed E-state index contributed by atoms with van der Waals surface area (Å²) in [4.78, 5) is -1.12. The Balaban J connectivity index is 3.06. The summed E-state index contributed by atoms with van der Waals surface area (Å²) in [5.74, 6) is 0.105. The summed E-state index contributed by atoms with van der Waals surface area (Å²) >= 11 is 1.29. The largest absolute Gasteiger partial charge is 0.508 e. The number of aromatic hydroxyl groups is 1. The molecule has 0 saturated heterocycles. The monoisotopic (exact) mass is 318 g/mol. The van der Waals surface area contributed by atoms with Gasteiger partial charge in [-0.3, -0.25) is 0 Å². The van der Waals surface area contributed by atoms with Gasteiger partial charge in [0.15, 0.2) is 0 Å². The van der Waals surface area contributed by atoms with Crippen molar-refractivity contribution >= 4 is 17.3 Å². The van der Waals surface area contributed by atoms with Crippen molar-refractivity contribution in [1.29, 1.82) is 0 Å². The summed E-state index contributed by atoms with van der Waals surface area (Å²) in [5.41, 5.74) is 4.88. The predicted octanol–water partition coefficient (Wildman–Crippen LogP) is 5.24. The highest BCUT2D eigenvalue weighted by molar-refractivity contribution is 7.99. The van der Waals surface area contributed by atoms with Gasteiger partial charge in [-0.1, -0.05) is 35.9 Å². The second kappa shape index (κ2) is 7.70. The third-order valence-corrected chi connectivity index (χ3v) is 4.74. The molecule has 3 heteroatoms. The summed E-state index contributed by atoms with van der Waals surface area (Å²) in [5, 5.41) is 20.4. The number of benzene rings is 1. The third-order valence-electron chi connectivity index (χ3n) is 3.72. The van der Waals surface area contributed by atoms with Crippen molar-refractivity contribution in [2.75, 3.05) is 6.26 Å². The topological polar surface area (TPSA) is 40.5 Å². The van der Waals surface area contributed by atoms with Crippen LogP contribution in [0.1, 0.15) is 45.2 Å². The lowest BCUT2D eigenvalue weighted by atomic mass is 9.96. The SMILES string of the molecule is C=C(CC(C)=CC(C)=CC)c1ccc(O)c(C(C)(O)SC)c1. The van der Waals surface area contributed by atoms with Crippen molar-refractivity contribution in [3.8, 4) is 5.75 Å². The van der Waals surface area contributed by atoms with E-state index in [0.29, 0.717) is 5.56 Å². The lowest BCUT2D eigenvalue weighted by Gasteiger charge is -2.23. The Bertz CT molecular complexity index is 610. The second-order valence-corrected chi connectivity index (χ2v) is 6.93. The van der Waals surface area contributed by atoms with Crippen molar-refractivity contribution in [2.45, 2.75) is 39.0 Å². The number of phenols is 1. The summed E-state index contributed by atoms with van der Waals surface area (Å²) in [6.45, 7) is 12.0. The smallest absolute Gasteiger partial charge is 0.136 e. The van der Waals surface area contributed by atoms with Gasteiger partial charge in [-0.15, -0.1) is 11.8 Å². The minimum atomic E-state index is -1.12. The number of aliphatic hydroxyl groups is 1. The van der Waals surface area contributed by atoms with Gasteiger partial charge in [-0.2, -0.15) is 0 Å². The fraction of sp³-hybridized carbons (Fsp3) is 0.368. The van der Waals surface area contributed by atoms with Gasteiger partial charge in [-0.05, 0) is 63.6 Å². The highest BCUT2D eigenvalue weighted by atomic mass is 32.2. The standard InChI is InChI=1S/C19H26O2S/c1-7-13(2)10-14(3)11-15(4)16-8-9-18(20)17(12-16)19(5,21)22-6/h7-10,12,20-21H,4,11H2,1-3,5-6H3. The van der Waals surface area contributed by atoms with E-state index in [-0.39, 0.29) is 5.75 Å². The van der Waals surface area contributed by atoms with E-state index < -0.39 is 4.93 Å². The minimum absolute atomic E-state index is 0.105. The summed E-state index contributed by atoms with van der Waals surface area (Å²) < 4.78 is 0. The van der Waals surface area contributed by atoms with Crippen LogP contribution in [0.3, 0.4) is 0 Å². The maximum absolute atomic E-state index is 10.4. The zero-order valence-corrected chi connectivity index (χ0v) is 14.9. The van der Waals surface area contributed by atoms with E-state index in [9.17, 15) is 10.2 Å². The first-order valence-corrected chi connectivity index (χ1v) is 8.53. The van der Waals surface area contributed by atoms with Crippen LogP contribution in [0.2, 0.25) is 0 Å². The number of thioether (sulfide) groups is 1. The van der Waals surface area contributed by atoms with Crippen LogP contribution in [0.15, 0.2) is 48.1 Å². The quantitative estimate of drug-likeness (QED) is 0.557. The van der Waals surface area contributed by atoms with Crippen LogP contribution >= 0.6 is 11.8 Å². The Kier molecular flexibility index (Phi) is 6.51. The van der Waals surface area contributed by atoms with Crippen molar-refractivity contribution < 1.29 is 10.2 Å². The maximum atomic E-state index is 10.4. The van der Waals surface area contributed by atoms with Crippen molar-refractivity contribution in [2.24, 2.45) is 0 Å². The van der Waals surface area contributed by atoms with E-state index in [0.717, 1.165) is 17.6 Å². The zero-order valence-electron chi connectivity index (χ0n) is 14.1. The van der Waals surface area contributed by atoms with Crippen molar-refractivity contribution in [3.05, 3.63) is 59.2 Å². The molecule has 0 aliphatic heterocycles. The second-order valence-electron chi connectivity index (χ2n) is 5.72. The average molecular weight is 318 g/mol.